The molecule has 0 saturated heterocycles. The molecule has 1 unspecified atom stereocenters. The Morgan fingerprint density at radius 2 is 1.72 bits per heavy atom. The molecule has 36 heavy (non-hydrogen) atoms. The fourth-order valence-electron chi connectivity index (χ4n) is 3.93. The first-order valence-corrected chi connectivity index (χ1v) is 12.4. The lowest BCUT2D eigenvalue weighted by Crippen LogP contribution is -2.52. The average Bonchev–Trinajstić information content (AvgIpc) is 2.76. The topological polar surface area (TPSA) is 95.6 Å². The Labute approximate surface area is 209 Å². The number of nitrogens with zero attached hydrogens (tertiary/aromatic N) is 1. The number of aryl methyl sites for hydroxylation is 2. The average molecular weight is 538 g/mol. The summed E-state index contributed by atoms with van der Waals surface area (Å²) in [6.07, 6.45) is -0.731. The van der Waals surface area contributed by atoms with E-state index in [-0.39, 0.29) is 27.5 Å². The van der Waals surface area contributed by atoms with Gasteiger partial charge >= 0.3 is 0 Å². The van der Waals surface area contributed by atoms with Crippen LogP contribution in [-0.4, -0.2) is 26.3 Å². The summed E-state index contributed by atoms with van der Waals surface area (Å²) < 4.78 is 70.0. The third-order valence-corrected chi connectivity index (χ3v) is 7.95. The van der Waals surface area contributed by atoms with Crippen molar-refractivity contribution in [1.29, 1.82) is 0 Å². The molecule has 3 aromatic rings. The highest BCUT2D eigenvalue weighted by Crippen LogP contribution is 2.40. The Kier molecular flexibility index (Phi) is 6.72. The number of rotatable bonds is 5. The summed E-state index contributed by atoms with van der Waals surface area (Å²) in [6.45, 7) is 3.11. The van der Waals surface area contributed by atoms with Gasteiger partial charge in [0.25, 0.3) is 10.0 Å². The zero-order chi connectivity index (χ0) is 26.4. The fourth-order valence-corrected chi connectivity index (χ4v) is 6.06. The van der Waals surface area contributed by atoms with Crippen LogP contribution in [-0.2, 0) is 19.6 Å². The van der Waals surface area contributed by atoms with Crippen LogP contribution in [0.3, 0.4) is 0 Å². The Hall–Kier alpha value is -3.57. The van der Waals surface area contributed by atoms with E-state index in [1.54, 1.807) is 6.92 Å². The SMILES string of the molecule is Cc1cc(S(=O)(=O)N2c3cccc(F)c3NC(=O)C2CC(=O)Nc2cc(F)cc(F)c2)c(C)cc1Cl. The number of fused-ring (bicyclic) bond motifs is 1. The minimum Gasteiger partial charge on any atom is -0.326 e. The maximum absolute atomic E-state index is 14.6. The highest BCUT2D eigenvalue weighted by molar-refractivity contribution is 7.93. The van der Waals surface area contributed by atoms with Crippen molar-refractivity contribution in [3.05, 3.63) is 82.1 Å². The number of nitrogens with one attached hydrogen (secondary N) is 2. The summed E-state index contributed by atoms with van der Waals surface area (Å²) in [6, 6.07) is 7.07. The van der Waals surface area contributed by atoms with Gasteiger partial charge in [-0.25, -0.2) is 21.6 Å². The van der Waals surface area contributed by atoms with E-state index in [0.29, 0.717) is 21.0 Å². The van der Waals surface area contributed by atoms with Crippen LogP contribution >= 0.6 is 11.6 Å². The number of halogens is 4. The van der Waals surface area contributed by atoms with E-state index in [2.05, 4.69) is 10.6 Å². The number of hydrogen-bond donors (Lipinski definition) is 2. The van der Waals surface area contributed by atoms with Gasteiger partial charge in [0, 0.05) is 16.8 Å². The standard InChI is InChI=1S/C24H19ClF3N3O4S/c1-12-7-21(13(2)6-17(12)25)36(34,35)31-19-5-3-4-18(28)23(19)30-24(33)20(31)11-22(32)29-16-9-14(26)8-15(27)10-16/h3-10,20H,11H2,1-2H3,(H,29,32)(H,30,33). The molecule has 0 fully saturated rings. The molecule has 4 rings (SSSR count). The number of hydrogen-bond acceptors (Lipinski definition) is 4. The van der Waals surface area contributed by atoms with Crippen molar-refractivity contribution >= 4 is 50.5 Å². The minimum absolute atomic E-state index is 0.184. The summed E-state index contributed by atoms with van der Waals surface area (Å²) in [5.41, 5.74) is -0.0506. The molecule has 7 nitrogen and oxygen atoms in total. The molecule has 12 heteroatoms. The van der Waals surface area contributed by atoms with Gasteiger partial charge in [-0.05, 0) is 61.4 Å². The predicted octanol–water partition coefficient (Wildman–Crippen LogP) is 4.92. The first-order chi connectivity index (χ1) is 16.9. The van der Waals surface area contributed by atoms with Crippen molar-refractivity contribution in [1.82, 2.24) is 0 Å². The number of carbonyl (C=O) groups excluding carboxylic acids is 2. The summed E-state index contributed by atoms with van der Waals surface area (Å²) in [4.78, 5) is 25.6. The maximum Gasteiger partial charge on any atom is 0.265 e. The van der Waals surface area contributed by atoms with Crippen molar-refractivity contribution < 1.29 is 31.2 Å². The van der Waals surface area contributed by atoms with E-state index in [1.807, 2.05) is 0 Å². The van der Waals surface area contributed by atoms with Crippen LogP contribution in [0.1, 0.15) is 17.5 Å². The van der Waals surface area contributed by atoms with Crippen molar-refractivity contribution in [3.8, 4) is 0 Å². The van der Waals surface area contributed by atoms with E-state index in [0.717, 1.165) is 18.2 Å². The van der Waals surface area contributed by atoms with Crippen LogP contribution in [0, 0.1) is 31.3 Å². The van der Waals surface area contributed by atoms with E-state index >= 15 is 0 Å². The van der Waals surface area contributed by atoms with Gasteiger partial charge in [0.1, 0.15) is 29.2 Å². The quantitative estimate of drug-likeness (QED) is 0.483. The molecule has 1 heterocycles. The molecular weight excluding hydrogens is 519 g/mol. The van der Waals surface area contributed by atoms with Crippen LogP contribution in [0.2, 0.25) is 5.02 Å². The zero-order valence-electron chi connectivity index (χ0n) is 18.9. The molecule has 0 aromatic heterocycles. The van der Waals surface area contributed by atoms with Gasteiger partial charge in [-0.1, -0.05) is 17.7 Å². The number of benzene rings is 3. The van der Waals surface area contributed by atoms with Gasteiger partial charge in [0.15, 0.2) is 0 Å². The number of anilines is 3. The molecule has 1 atom stereocenters. The molecule has 0 saturated carbocycles. The van der Waals surface area contributed by atoms with Gasteiger partial charge < -0.3 is 10.6 Å². The van der Waals surface area contributed by atoms with Crippen LogP contribution in [0.4, 0.5) is 30.2 Å². The third kappa shape index (κ3) is 4.76. The molecule has 0 radical (unpaired) electrons. The Balaban J connectivity index is 1.79. The number of sulfonamides is 1. The van der Waals surface area contributed by atoms with Crippen molar-refractivity contribution in [2.45, 2.75) is 31.2 Å². The third-order valence-electron chi connectivity index (χ3n) is 5.58. The Bertz CT molecular complexity index is 1490. The lowest BCUT2D eigenvalue weighted by Gasteiger charge is -2.37. The molecule has 3 aromatic carbocycles. The first kappa shape index (κ1) is 25.5. The predicted molar refractivity (Wildman–Crippen MR) is 129 cm³/mol. The maximum atomic E-state index is 14.6. The summed E-state index contributed by atoms with van der Waals surface area (Å²) >= 11 is 6.12. The second-order valence-corrected chi connectivity index (χ2v) is 10.4. The zero-order valence-corrected chi connectivity index (χ0v) is 20.5. The van der Waals surface area contributed by atoms with Crippen molar-refractivity contribution in [2.24, 2.45) is 0 Å². The van der Waals surface area contributed by atoms with Crippen LogP contribution in [0.5, 0.6) is 0 Å². The molecule has 0 bridgehead atoms. The molecule has 188 valence electrons. The van der Waals surface area contributed by atoms with Gasteiger partial charge in [-0.15, -0.1) is 0 Å². The van der Waals surface area contributed by atoms with Gasteiger partial charge in [0.2, 0.25) is 11.8 Å². The molecule has 1 aliphatic heterocycles. The summed E-state index contributed by atoms with van der Waals surface area (Å²) in [5.74, 6) is -4.61. The van der Waals surface area contributed by atoms with Crippen LogP contribution < -0.4 is 14.9 Å². The first-order valence-electron chi connectivity index (χ1n) is 10.5. The Morgan fingerprint density at radius 1 is 1.06 bits per heavy atom. The van der Waals surface area contributed by atoms with Gasteiger partial charge in [-0.3, -0.25) is 13.9 Å². The molecule has 2 amide bonds. The monoisotopic (exact) mass is 537 g/mol. The van der Waals surface area contributed by atoms with E-state index in [1.165, 1.54) is 31.2 Å². The van der Waals surface area contributed by atoms with E-state index in [4.69, 9.17) is 11.6 Å². The van der Waals surface area contributed by atoms with Gasteiger partial charge in [0.05, 0.1) is 17.0 Å². The molecule has 0 spiro atoms. The number of para-hydroxylation sites is 1. The number of amides is 2. The normalized spacial score (nSPS) is 15.3. The lowest BCUT2D eigenvalue weighted by molar-refractivity contribution is -0.122. The minimum atomic E-state index is -4.53. The molecule has 0 aliphatic carbocycles. The van der Waals surface area contributed by atoms with Crippen LogP contribution in [0.15, 0.2) is 53.4 Å². The summed E-state index contributed by atoms with van der Waals surface area (Å²) in [7, 11) is -4.53. The molecule has 2 N–H and O–H groups in total. The van der Waals surface area contributed by atoms with E-state index < -0.39 is 51.8 Å². The molecular formula is C24H19ClF3N3O4S. The van der Waals surface area contributed by atoms with Gasteiger partial charge in [-0.2, -0.15) is 0 Å². The van der Waals surface area contributed by atoms with Crippen LogP contribution in [0.25, 0.3) is 0 Å². The fraction of sp³-hybridized carbons (Fsp3) is 0.167. The second-order valence-electron chi connectivity index (χ2n) is 8.22. The van der Waals surface area contributed by atoms with Crippen molar-refractivity contribution in [3.63, 3.8) is 0 Å². The molecule has 1 aliphatic rings. The number of carbonyl (C=O) groups is 2. The highest BCUT2D eigenvalue weighted by atomic mass is 35.5. The lowest BCUT2D eigenvalue weighted by atomic mass is 10.1. The largest absolute Gasteiger partial charge is 0.326 e. The van der Waals surface area contributed by atoms with E-state index in [9.17, 15) is 31.2 Å². The van der Waals surface area contributed by atoms with Crippen molar-refractivity contribution in [2.75, 3.05) is 14.9 Å². The summed E-state index contributed by atoms with van der Waals surface area (Å²) in [5, 5.41) is 4.89. The highest BCUT2D eigenvalue weighted by Gasteiger charge is 2.43. The Morgan fingerprint density at radius 3 is 2.39 bits per heavy atom. The second kappa shape index (κ2) is 9.47. The smallest absolute Gasteiger partial charge is 0.265 e.